The number of rotatable bonds is 9. The first-order valence-corrected chi connectivity index (χ1v) is 9.55. The fourth-order valence-corrected chi connectivity index (χ4v) is 3.77. The Kier molecular flexibility index (Phi) is 7.32. The molecule has 2 aromatic rings. The molecule has 0 amide bonds. The van der Waals surface area contributed by atoms with Gasteiger partial charge in [0.15, 0.2) is 0 Å². The fourth-order valence-electron chi connectivity index (χ4n) is 2.64. The maximum absolute atomic E-state index is 12.1. The molecule has 0 aliphatic rings. The molecule has 0 spiro atoms. The van der Waals surface area contributed by atoms with Crippen LogP contribution in [0.2, 0.25) is 0 Å². The number of aryl methyl sites for hydroxylation is 2. The van der Waals surface area contributed by atoms with Gasteiger partial charge in [-0.1, -0.05) is 6.42 Å². The van der Waals surface area contributed by atoms with Gasteiger partial charge in [-0.25, -0.2) is 14.8 Å². The number of fused-ring (bicyclic) bond motifs is 1. The molecule has 0 fully saturated rings. The molecule has 0 atom stereocenters. The molecule has 0 radical (unpaired) electrons. The van der Waals surface area contributed by atoms with Crippen LogP contribution >= 0.6 is 11.3 Å². The highest BCUT2D eigenvalue weighted by Gasteiger charge is 2.20. The number of carbonyl (C=O) groups is 2. The number of hydrogen-bond acceptors (Lipinski definition) is 8. The molecular formula is C18H25N3O4S. The van der Waals surface area contributed by atoms with Crippen molar-refractivity contribution in [3.05, 3.63) is 16.3 Å². The van der Waals surface area contributed by atoms with E-state index in [4.69, 9.17) is 4.74 Å². The van der Waals surface area contributed by atoms with E-state index in [1.54, 1.807) is 6.92 Å². The van der Waals surface area contributed by atoms with E-state index in [0.717, 1.165) is 47.4 Å². The standard InChI is InChI=1S/C18H25N3O4S/c1-5-25-18(23)15-11(2)14-16(20-12(3)21-17(14)26-15)19-10-8-6-7-9-13(22)24-4/h5-10H2,1-4H3,(H,19,20,21). The first kappa shape index (κ1) is 20.1. The molecule has 0 bridgehead atoms. The number of esters is 2. The van der Waals surface area contributed by atoms with Crippen molar-refractivity contribution in [2.24, 2.45) is 0 Å². The highest BCUT2D eigenvalue weighted by Crippen LogP contribution is 2.34. The van der Waals surface area contributed by atoms with Gasteiger partial charge in [0.1, 0.15) is 21.3 Å². The number of nitrogens with zero attached hydrogens (tertiary/aromatic N) is 2. The maximum Gasteiger partial charge on any atom is 0.348 e. The normalized spacial score (nSPS) is 10.8. The van der Waals surface area contributed by atoms with Crippen LogP contribution in [0.1, 0.15) is 53.7 Å². The van der Waals surface area contributed by atoms with E-state index in [9.17, 15) is 9.59 Å². The second-order valence-corrected chi connectivity index (χ2v) is 6.89. The summed E-state index contributed by atoms with van der Waals surface area (Å²) in [6.45, 7) is 6.59. The van der Waals surface area contributed by atoms with Gasteiger partial charge in [-0.3, -0.25) is 4.79 Å². The minimum Gasteiger partial charge on any atom is -0.469 e. The second-order valence-electron chi connectivity index (χ2n) is 5.89. The third kappa shape index (κ3) is 4.91. The van der Waals surface area contributed by atoms with Crippen molar-refractivity contribution in [1.82, 2.24) is 9.97 Å². The van der Waals surface area contributed by atoms with E-state index in [1.165, 1.54) is 18.4 Å². The summed E-state index contributed by atoms with van der Waals surface area (Å²) in [6, 6.07) is 0. The summed E-state index contributed by atoms with van der Waals surface area (Å²) >= 11 is 1.34. The van der Waals surface area contributed by atoms with Crippen molar-refractivity contribution in [1.29, 1.82) is 0 Å². The molecule has 2 rings (SSSR count). The van der Waals surface area contributed by atoms with Gasteiger partial charge in [0.25, 0.3) is 0 Å². The van der Waals surface area contributed by atoms with Crippen LogP contribution in [0.5, 0.6) is 0 Å². The monoisotopic (exact) mass is 379 g/mol. The minimum absolute atomic E-state index is 0.175. The average Bonchev–Trinajstić information content (AvgIpc) is 2.94. The third-order valence-electron chi connectivity index (χ3n) is 3.94. The van der Waals surface area contributed by atoms with Crippen molar-refractivity contribution < 1.29 is 19.1 Å². The quantitative estimate of drug-likeness (QED) is 0.525. The third-order valence-corrected chi connectivity index (χ3v) is 5.11. The summed E-state index contributed by atoms with van der Waals surface area (Å²) in [5.74, 6) is 0.901. The Morgan fingerprint density at radius 3 is 2.62 bits per heavy atom. The molecule has 0 unspecified atom stereocenters. The van der Waals surface area contributed by atoms with Gasteiger partial charge >= 0.3 is 11.9 Å². The number of ether oxygens (including phenoxy) is 2. The molecule has 142 valence electrons. The van der Waals surface area contributed by atoms with Gasteiger partial charge in [0.05, 0.1) is 19.1 Å². The molecule has 2 heterocycles. The average molecular weight is 379 g/mol. The Balaban J connectivity index is 2.07. The lowest BCUT2D eigenvalue weighted by atomic mass is 10.2. The predicted molar refractivity (Wildman–Crippen MR) is 102 cm³/mol. The van der Waals surface area contributed by atoms with Crippen molar-refractivity contribution in [2.75, 3.05) is 25.6 Å². The molecule has 0 saturated carbocycles. The Hall–Kier alpha value is -2.22. The summed E-state index contributed by atoms with van der Waals surface area (Å²) in [7, 11) is 1.40. The van der Waals surface area contributed by atoms with Crippen molar-refractivity contribution in [2.45, 2.75) is 46.5 Å². The van der Waals surface area contributed by atoms with Crippen LogP contribution in [0.3, 0.4) is 0 Å². The van der Waals surface area contributed by atoms with Crippen molar-refractivity contribution in [3.63, 3.8) is 0 Å². The Morgan fingerprint density at radius 1 is 1.15 bits per heavy atom. The molecule has 2 aromatic heterocycles. The van der Waals surface area contributed by atoms with Crippen LogP contribution < -0.4 is 5.32 Å². The number of methoxy groups -OCH3 is 1. The Morgan fingerprint density at radius 2 is 1.92 bits per heavy atom. The van der Waals surface area contributed by atoms with Crippen LogP contribution in [0.4, 0.5) is 5.82 Å². The van der Waals surface area contributed by atoms with Crippen LogP contribution in [-0.4, -0.2) is 42.2 Å². The molecule has 0 aromatic carbocycles. The van der Waals surface area contributed by atoms with E-state index in [2.05, 4.69) is 20.0 Å². The second kappa shape index (κ2) is 9.47. The van der Waals surface area contributed by atoms with E-state index in [1.807, 2.05) is 13.8 Å². The lowest BCUT2D eigenvalue weighted by Gasteiger charge is -2.08. The molecule has 7 nitrogen and oxygen atoms in total. The van der Waals surface area contributed by atoms with E-state index in [-0.39, 0.29) is 11.9 Å². The van der Waals surface area contributed by atoms with Crippen molar-refractivity contribution in [3.8, 4) is 0 Å². The minimum atomic E-state index is -0.320. The molecule has 0 aliphatic carbocycles. The molecule has 0 saturated heterocycles. The van der Waals surface area contributed by atoms with Crippen LogP contribution in [-0.2, 0) is 14.3 Å². The fraction of sp³-hybridized carbons (Fsp3) is 0.556. The zero-order valence-electron chi connectivity index (χ0n) is 15.7. The number of unbranched alkanes of at least 4 members (excludes halogenated alkanes) is 2. The van der Waals surface area contributed by atoms with Gasteiger partial charge in [-0.05, 0) is 39.2 Å². The summed E-state index contributed by atoms with van der Waals surface area (Å²) in [4.78, 5) is 33.5. The van der Waals surface area contributed by atoms with Crippen LogP contribution in [0, 0.1) is 13.8 Å². The highest BCUT2D eigenvalue weighted by molar-refractivity contribution is 7.20. The van der Waals surface area contributed by atoms with E-state index in [0.29, 0.717) is 23.7 Å². The zero-order valence-corrected chi connectivity index (χ0v) is 16.5. The Bertz CT molecular complexity index is 788. The van der Waals surface area contributed by atoms with E-state index < -0.39 is 0 Å². The van der Waals surface area contributed by atoms with Gasteiger partial charge in [0.2, 0.25) is 0 Å². The topological polar surface area (TPSA) is 90.4 Å². The summed E-state index contributed by atoms with van der Waals surface area (Å²) < 4.78 is 9.76. The van der Waals surface area contributed by atoms with E-state index >= 15 is 0 Å². The van der Waals surface area contributed by atoms with Crippen LogP contribution in [0.15, 0.2) is 0 Å². The summed E-state index contributed by atoms with van der Waals surface area (Å²) in [5.41, 5.74) is 0.844. The molecule has 26 heavy (non-hydrogen) atoms. The van der Waals surface area contributed by atoms with Gasteiger partial charge in [0, 0.05) is 13.0 Å². The number of aromatic nitrogens is 2. The summed E-state index contributed by atoms with van der Waals surface area (Å²) in [6.07, 6.45) is 3.08. The molecular weight excluding hydrogens is 354 g/mol. The lowest BCUT2D eigenvalue weighted by molar-refractivity contribution is -0.140. The smallest absolute Gasteiger partial charge is 0.348 e. The Labute approximate surface area is 157 Å². The number of hydrogen-bond donors (Lipinski definition) is 1. The number of thiophene rings is 1. The van der Waals surface area contributed by atoms with Gasteiger partial charge in [-0.15, -0.1) is 11.3 Å². The largest absolute Gasteiger partial charge is 0.469 e. The molecule has 8 heteroatoms. The molecule has 0 aliphatic heterocycles. The van der Waals surface area contributed by atoms with Gasteiger partial charge in [-0.2, -0.15) is 0 Å². The lowest BCUT2D eigenvalue weighted by Crippen LogP contribution is -2.07. The first-order valence-electron chi connectivity index (χ1n) is 8.73. The maximum atomic E-state index is 12.1. The highest BCUT2D eigenvalue weighted by atomic mass is 32.1. The van der Waals surface area contributed by atoms with Crippen LogP contribution in [0.25, 0.3) is 10.2 Å². The number of anilines is 1. The number of carbonyl (C=O) groups excluding carboxylic acids is 2. The molecule has 1 N–H and O–H groups in total. The number of nitrogens with one attached hydrogen (secondary N) is 1. The van der Waals surface area contributed by atoms with Gasteiger partial charge < -0.3 is 14.8 Å². The zero-order chi connectivity index (χ0) is 19.1. The van der Waals surface area contributed by atoms with Crippen molar-refractivity contribution >= 4 is 39.3 Å². The summed E-state index contributed by atoms with van der Waals surface area (Å²) in [5, 5.41) is 4.22. The SMILES string of the molecule is CCOC(=O)c1sc2nc(C)nc(NCCCCCC(=O)OC)c2c1C. The predicted octanol–water partition coefficient (Wildman–Crippen LogP) is 3.63. The first-order chi connectivity index (χ1) is 12.5.